The van der Waals surface area contributed by atoms with E-state index in [4.69, 9.17) is 28.3 Å². The molecule has 0 aliphatic carbocycles. The zero-order valence-electron chi connectivity index (χ0n) is 15.8. The van der Waals surface area contributed by atoms with Crippen LogP contribution in [0.15, 0.2) is 24.5 Å². The molecule has 2 unspecified atom stereocenters. The minimum atomic E-state index is -1.24. The molecule has 7 nitrogen and oxygen atoms in total. The Kier molecular flexibility index (Phi) is 5.38. The first-order valence-corrected chi connectivity index (χ1v) is 10.0. The van der Waals surface area contributed by atoms with Gasteiger partial charge in [0.2, 0.25) is 0 Å². The second kappa shape index (κ2) is 7.85. The van der Waals surface area contributed by atoms with E-state index in [9.17, 15) is 14.0 Å². The van der Waals surface area contributed by atoms with Crippen molar-refractivity contribution in [2.45, 2.75) is 25.8 Å². The quantitative estimate of drug-likeness (QED) is 0.563. The van der Waals surface area contributed by atoms with Gasteiger partial charge in [-0.15, -0.1) is 0 Å². The van der Waals surface area contributed by atoms with Crippen molar-refractivity contribution in [2.75, 3.05) is 11.4 Å². The van der Waals surface area contributed by atoms with Crippen LogP contribution in [0, 0.1) is 11.7 Å². The number of rotatable bonds is 4. The Labute approximate surface area is 180 Å². The maximum Gasteiger partial charge on any atom is 0.356 e. The van der Waals surface area contributed by atoms with Gasteiger partial charge in [-0.2, -0.15) is 0 Å². The first-order valence-electron chi connectivity index (χ1n) is 9.29. The number of piperidine rings is 1. The molecule has 156 valence electrons. The summed E-state index contributed by atoms with van der Waals surface area (Å²) in [6.45, 7) is 2.51. The van der Waals surface area contributed by atoms with Crippen LogP contribution in [0.3, 0.4) is 0 Å². The van der Waals surface area contributed by atoms with E-state index in [2.05, 4.69) is 15.0 Å². The number of carboxylic acids is 1. The third-order valence-electron chi connectivity index (χ3n) is 5.39. The lowest BCUT2D eigenvalue weighted by Gasteiger charge is -2.38. The Morgan fingerprint density at radius 2 is 2.07 bits per heavy atom. The SMILES string of the molecule is CC1CC(C(=O)c2c[nH]c3nc(C(=O)O)c(Cl)cc23)CCN1c1ncc(F)cc1Cl. The molecule has 30 heavy (non-hydrogen) atoms. The summed E-state index contributed by atoms with van der Waals surface area (Å²) in [4.78, 5) is 37.3. The molecule has 3 aromatic heterocycles. The molecular weight excluding hydrogens is 434 g/mol. The number of hydrogen-bond acceptors (Lipinski definition) is 5. The molecule has 0 amide bonds. The van der Waals surface area contributed by atoms with Crippen LogP contribution < -0.4 is 4.90 Å². The minimum absolute atomic E-state index is 0.0242. The number of carboxylic acid groups (broad SMARTS) is 1. The van der Waals surface area contributed by atoms with Crippen molar-refractivity contribution in [1.29, 1.82) is 0 Å². The van der Waals surface area contributed by atoms with Crippen molar-refractivity contribution in [3.63, 3.8) is 0 Å². The Morgan fingerprint density at radius 3 is 2.73 bits per heavy atom. The van der Waals surface area contributed by atoms with Crippen LogP contribution in [0.2, 0.25) is 10.0 Å². The first kappa shape index (κ1) is 20.6. The van der Waals surface area contributed by atoms with Crippen LogP contribution in [0.1, 0.15) is 40.6 Å². The number of aromatic carboxylic acids is 1. The molecule has 2 N–H and O–H groups in total. The molecule has 0 aromatic carbocycles. The number of hydrogen-bond donors (Lipinski definition) is 2. The number of carbonyl (C=O) groups excluding carboxylic acids is 1. The lowest BCUT2D eigenvalue weighted by molar-refractivity contribution is 0.0691. The third kappa shape index (κ3) is 3.61. The summed E-state index contributed by atoms with van der Waals surface area (Å²) in [6, 6.07) is 2.65. The molecule has 4 rings (SSSR count). The van der Waals surface area contributed by atoms with Gasteiger partial charge in [-0.3, -0.25) is 4.79 Å². The van der Waals surface area contributed by atoms with Gasteiger partial charge in [0, 0.05) is 35.7 Å². The van der Waals surface area contributed by atoms with Crippen LogP contribution in [-0.2, 0) is 0 Å². The Bertz CT molecular complexity index is 1170. The normalized spacial score (nSPS) is 19.3. The molecule has 1 aliphatic rings. The molecule has 2 atom stereocenters. The van der Waals surface area contributed by atoms with Gasteiger partial charge >= 0.3 is 5.97 Å². The van der Waals surface area contributed by atoms with Crippen molar-refractivity contribution < 1.29 is 19.1 Å². The fourth-order valence-electron chi connectivity index (χ4n) is 3.94. The minimum Gasteiger partial charge on any atom is -0.476 e. The summed E-state index contributed by atoms with van der Waals surface area (Å²) in [5, 5.41) is 9.86. The summed E-state index contributed by atoms with van der Waals surface area (Å²) < 4.78 is 13.3. The van der Waals surface area contributed by atoms with Gasteiger partial charge in [0.15, 0.2) is 11.5 Å². The number of H-pyrrole nitrogens is 1. The highest BCUT2D eigenvalue weighted by Crippen LogP contribution is 2.34. The largest absolute Gasteiger partial charge is 0.476 e. The lowest BCUT2D eigenvalue weighted by Crippen LogP contribution is -2.43. The second-order valence-corrected chi connectivity index (χ2v) is 8.12. The van der Waals surface area contributed by atoms with E-state index in [-0.39, 0.29) is 33.5 Å². The molecule has 0 saturated carbocycles. The van der Waals surface area contributed by atoms with E-state index < -0.39 is 11.8 Å². The second-order valence-electron chi connectivity index (χ2n) is 7.31. The van der Waals surface area contributed by atoms with E-state index in [0.29, 0.717) is 41.8 Å². The van der Waals surface area contributed by atoms with Crippen molar-refractivity contribution in [2.24, 2.45) is 5.92 Å². The maximum absolute atomic E-state index is 13.3. The van der Waals surface area contributed by atoms with Crippen LogP contribution in [0.5, 0.6) is 0 Å². The smallest absolute Gasteiger partial charge is 0.356 e. The predicted molar refractivity (Wildman–Crippen MR) is 111 cm³/mol. The fourth-order valence-corrected chi connectivity index (χ4v) is 4.43. The number of Topliss-reactive ketones (excluding diaryl/α,β-unsaturated/α-hetero) is 1. The highest BCUT2D eigenvalue weighted by atomic mass is 35.5. The number of carbonyl (C=O) groups is 2. The van der Waals surface area contributed by atoms with Crippen molar-refractivity contribution in [3.05, 3.63) is 51.6 Å². The average Bonchev–Trinajstić information content (AvgIpc) is 3.09. The number of ketones is 1. The zero-order valence-corrected chi connectivity index (χ0v) is 17.3. The highest BCUT2D eigenvalue weighted by molar-refractivity contribution is 6.34. The highest BCUT2D eigenvalue weighted by Gasteiger charge is 2.33. The Morgan fingerprint density at radius 1 is 1.30 bits per heavy atom. The number of halogens is 3. The summed E-state index contributed by atoms with van der Waals surface area (Å²) >= 11 is 12.2. The molecule has 0 spiro atoms. The average molecular weight is 451 g/mol. The molecule has 1 saturated heterocycles. The fraction of sp³-hybridized carbons (Fsp3) is 0.300. The predicted octanol–water partition coefficient (Wildman–Crippen LogP) is 4.59. The number of fused-ring (bicyclic) bond motifs is 1. The number of nitrogens with zero attached hydrogens (tertiary/aromatic N) is 3. The molecule has 0 radical (unpaired) electrons. The van der Waals surface area contributed by atoms with Crippen molar-refractivity contribution in [3.8, 4) is 0 Å². The molecule has 0 bridgehead atoms. The summed E-state index contributed by atoms with van der Waals surface area (Å²) in [5.41, 5.74) is 0.462. The standard InChI is InChI=1S/C20H17Cl2FN4O3/c1-9-4-10(2-3-27(9)19-15(22)5-11(23)7-25-19)17(28)13-8-24-18-12(13)6-14(21)16(26-18)20(29)30/h5-10H,2-4H2,1H3,(H,24,26)(H,29,30). The first-order chi connectivity index (χ1) is 14.3. The lowest BCUT2D eigenvalue weighted by atomic mass is 9.85. The van der Waals surface area contributed by atoms with E-state index >= 15 is 0 Å². The van der Waals surface area contributed by atoms with E-state index in [0.717, 1.165) is 6.20 Å². The number of aromatic amines is 1. The number of nitrogens with one attached hydrogen (secondary N) is 1. The number of aromatic nitrogens is 3. The Balaban J connectivity index is 1.57. The van der Waals surface area contributed by atoms with Crippen LogP contribution >= 0.6 is 23.2 Å². The summed E-state index contributed by atoms with van der Waals surface area (Å²) in [5.74, 6) is -1.54. The molecule has 4 heterocycles. The van der Waals surface area contributed by atoms with Crippen LogP contribution in [0.25, 0.3) is 11.0 Å². The van der Waals surface area contributed by atoms with Gasteiger partial charge in [-0.05, 0) is 31.9 Å². The Hall–Kier alpha value is -2.71. The maximum atomic E-state index is 13.3. The number of pyridine rings is 2. The van der Waals surface area contributed by atoms with Crippen molar-refractivity contribution >= 4 is 51.8 Å². The van der Waals surface area contributed by atoms with Crippen LogP contribution in [-0.4, -0.2) is 44.4 Å². The van der Waals surface area contributed by atoms with Gasteiger partial charge in [-0.1, -0.05) is 23.2 Å². The van der Waals surface area contributed by atoms with Gasteiger partial charge in [-0.25, -0.2) is 19.2 Å². The van der Waals surface area contributed by atoms with Crippen LogP contribution in [0.4, 0.5) is 10.2 Å². The third-order valence-corrected chi connectivity index (χ3v) is 5.96. The molecular formula is C20H17Cl2FN4O3. The van der Waals surface area contributed by atoms with E-state index in [1.165, 1.54) is 18.3 Å². The molecule has 1 aliphatic heterocycles. The van der Waals surface area contributed by atoms with Gasteiger partial charge in [0.25, 0.3) is 0 Å². The summed E-state index contributed by atoms with van der Waals surface area (Å²) in [6.07, 6.45) is 3.80. The van der Waals surface area contributed by atoms with Gasteiger partial charge in [0.05, 0.1) is 16.2 Å². The van der Waals surface area contributed by atoms with Gasteiger partial charge in [0.1, 0.15) is 17.3 Å². The monoisotopic (exact) mass is 450 g/mol. The van der Waals surface area contributed by atoms with E-state index in [1.54, 1.807) is 0 Å². The van der Waals surface area contributed by atoms with E-state index in [1.807, 2.05) is 11.8 Å². The molecule has 3 aromatic rings. The number of anilines is 1. The topological polar surface area (TPSA) is 99.2 Å². The zero-order chi connectivity index (χ0) is 21.6. The summed E-state index contributed by atoms with van der Waals surface area (Å²) in [7, 11) is 0. The molecule has 1 fully saturated rings. The van der Waals surface area contributed by atoms with Gasteiger partial charge < -0.3 is 15.0 Å². The molecule has 10 heteroatoms. The van der Waals surface area contributed by atoms with Crippen molar-refractivity contribution in [1.82, 2.24) is 15.0 Å².